The minimum absolute atomic E-state index is 0.0223. The number of imide groups is 1. The van der Waals surface area contributed by atoms with E-state index >= 15 is 0 Å². The predicted molar refractivity (Wildman–Crippen MR) is 124 cm³/mol. The molecule has 1 saturated carbocycles. The molecule has 9 nitrogen and oxygen atoms in total. The molecule has 1 aliphatic carbocycles. The molecule has 0 bridgehead atoms. The van der Waals surface area contributed by atoms with Gasteiger partial charge in [-0.25, -0.2) is 14.1 Å². The Bertz CT molecular complexity index is 1380. The van der Waals surface area contributed by atoms with Gasteiger partial charge in [-0.2, -0.15) is 5.26 Å². The van der Waals surface area contributed by atoms with Gasteiger partial charge in [0, 0.05) is 43.9 Å². The fourth-order valence-electron chi connectivity index (χ4n) is 5.43. The van der Waals surface area contributed by atoms with Crippen LogP contribution in [-0.2, 0) is 16.6 Å². The summed E-state index contributed by atoms with van der Waals surface area (Å²) >= 11 is 0. The molecule has 3 aromatic rings. The van der Waals surface area contributed by atoms with Crippen molar-refractivity contribution in [1.82, 2.24) is 14.9 Å². The van der Waals surface area contributed by atoms with Gasteiger partial charge in [0.15, 0.2) is 11.6 Å². The second-order valence-corrected chi connectivity index (χ2v) is 8.90. The van der Waals surface area contributed by atoms with E-state index in [1.807, 2.05) is 29.9 Å². The number of carbonyl (C=O) groups excluding carboxylic acids is 2. The van der Waals surface area contributed by atoms with Crippen molar-refractivity contribution in [1.29, 1.82) is 5.26 Å². The highest BCUT2D eigenvalue weighted by Gasteiger charge is 2.49. The molecule has 1 N–H and O–H groups in total. The minimum Gasteiger partial charge on any atom is -0.494 e. The fourth-order valence-corrected chi connectivity index (χ4v) is 5.43. The van der Waals surface area contributed by atoms with Crippen molar-refractivity contribution >= 4 is 28.5 Å². The van der Waals surface area contributed by atoms with Gasteiger partial charge >= 0.3 is 6.03 Å². The Morgan fingerprint density at radius 3 is 2.71 bits per heavy atom. The number of rotatable bonds is 4. The highest BCUT2D eigenvalue weighted by atomic mass is 19.1. The molecule has 3 amide bonds. The Morgan fingerprint density at radius 2 is 2.00 bits per heavy atom. The smallest absolute Gasteiger partial charge is 0.329 e. The van der Waals surface area contributed by atoms with Crippen molar-refractivity contribution in [2.45, 2.75) is 30.9 Å². The second kappa shape index (κ2) is 8.67. The van der Waals surface area contributed by atoms with Crippen molar-refractivity contribution in [2.75, 3.05) is 19.1 Å². The van der Waals surface area contributed by atoms with Gasteiger partial charge in [0.25, 0.3) is 0 Å². The van der Waals surface area contributed by atoms with E-state index in [0.29, 0.717) is 24.1 Å². The highest BCUT2D eigenvalue weighted by Crippen LogP contribution is 2.43. The number of pyridine rings is 1. The molecule has 1 saturated heterocycles. The number of anilines is 1. The summed E-state index contributed by atoms with van der Waals surface area (Å²) in [7, 11) is 4.75. The molecule has 5 rings (SSSR count). The summed E-state index contributed by atoms with van der Waals surface area (Å²) in [4.78, 5) is 32.2. The predicted octanol–water partition coefficient (Wildman–Crippen LogP) is 3.23. The average Bonchev–Trinajstić information content (AvgIpc) is 3.24. The summed E-state index contributed by atoms with van der Waals surface area (Å²) in [5.74, 6) is -1.81. The zero-order valence-corrected chi connectivity index (χ0v) is 19.5. The summed E-state index contributed by atoms with van der Waals surface area (Å²) in [6.45, 7) is 0. The van der Waals surface area contributed by atoms with E-state index in [2.05, 4.69) is 10.3 Å². The first-order chi connectivity index (χ1) is 16.9. The number of benzene rings is 1. The van der Waals surface area contributed by atoms with Crippen LogP contribution >= 0.6 is 0 Å². The van der Waals surface area contributed by atoms with Crippen molar-refractivity contribution in [3.63, 3.8) is 0 Å². The number of methoxy groups -OCH3 is 2. The lowest BCUT2D eigenvalue weighted by atomic mass is 9.71. The van der Waals surface area contributed by atoms with Crippen LogP contribution in [0.1, 0.15) is 29.9 Å². The zero-order chi connectivity index (χ0) is 24.9. The Hall–Kier alpha value is -3.97. The molecule has 2 aliphatic rings. The van der Waals surface area contributed by atoms with E-state index in [9.17, 15) is 19.2 Å². The number of hydrogen-bond acceptors (Lipinski definition) is 6. The average molecular weight is 477 g/mol. The van der Waals surface area contributed by atoms with Gasteiger partial charge in [0.05, 0.1) is 48.2 Å². The number of halogens is 1. The molecule has 180 valence electrons. The number of ether oxygens (including phenoxy) is 2. The third-order valence-electron chi connectivity index (χ3n) is 7.12. The summed E-state index contributed by atoms with van der Waals surface area (Å²) in [5.41, 5.74) is 1.89. The molecule has 0 radical (unpaired) electrons. The molecule has 2 aromatic heterocycles. The number of carbonyl (C=O) groups is 2. The Kier molecular flexibility index (Phi) is 5.65. The van der Waals surface area contributed by atoms with Crippen LogP contribution in [0.2, 0.25) is 0 Å². The van der Waals surface area contributed by atoms with Crippen LogP contribution in [0.3, 0.4) is 0 Å². The number of hydrogen-bond donors (Lipinski definition) is 1. The zero-order valence-electron chi connectivity index (χ0n) is 19.5. The molecule has 0 spiro atoms. The van der Waals surface area contributed by atoms with Crippen LogP contribution in [0.15, 0.2) is 36.8 Å². The van der Waals surface area contributed by atoms with Crippen LogP contribution in [-0.4, -0.2) is 47.9 Å². The molecular weight excluding hydrogens is 453 g/mol. The van der Waals surface area contributed by atoms with E-state index in [0.717, 1.165) is 21.9 Å². The topological polar surface area (TPSA) is 109 Å². The van der Waals surface area contributed by atoms with Gasteiger partial charge < -0.3 is 19.4 Å². The SMILES string of the molecule is COc1cc(C2CC3NC(=O)N(c4cncc5ccn(C)c45)C(=O)C3CC2OC)c(C#N)cc1F. The van der Waals surface area contributed by atoms with Crippen LogP contribution in [0, 0.1) is 23.1 Å². The second-order valence-electron chi connectivity index (χ2n) is 8.90. The molecular formula is C25H24FN5O4. The highest BCUT2D eigenvalue weighted by molar-refractivity contribution is 6.20. The lowest BCUT2D eigenvalue weighted by Crippen LogP contribution is -2.63. The first-order valence-electron chi connectivity index (χ1n) is 11.2. The number of aromatic nitrogens is 2. The summed E-state index contributed by atoms with van der Waals surface area (Å²) < 4.78 is 27.0. The van der Waals surface area contributed by atoms with E-state index in [1.54, 1.807) is 13.3 Å². The maximum absolute atomic E-state index is 14.2. The van der Waals surface area contributed by atoms with Gasteiger partial charge in [0.1, 0.15) is 0 Å². The lowest BCUT2D eigenvalue weighted by molar-refractivity contribution is -0.126. The molecule has 10 heteroatoms. The number of nitrogens with one attached hydrogen (secondary N) is 1. The number of fused-ring (bicyclic) bond motifs is 2. The van der Waals surface area contributed by atoms with Crippen molar-refractivity contribution in [2.24, 2.45) is 13.0 Å². The molecule has 1 aliphatic heterocycles. The molecule has 4 unspecified atom stereocenters. The maximum Gasteiger partial charge on any atom is 0.329 e. The van der Waals surface area contributed by atoms with Crippen molar-refractivity contribution in [3.05, 3.63) is 53.7 Å². The van der Waals surface area contributed by atoms with E-state index in [1.165, 1.54) is 19.4 Å². The van der Waals surface area contributed by atoms with Gasteiger partial charge in [-0.15, -0.1) is 0 Å². The minimum atomic E-state index is -0.629. The largest absolute Gasteiger partial charge is 0.494 e. The molecule has 1 aromatic carbocycles. The van der Waals surface area contributed by atoms with Gasteiger partial charge in [0.2, 0.25) is 5.91 Å². The first-order valence-corrected chi connectivity index (χ1v) is 11.2. The molecule has 3 heterocycles. The number of nitrogens with zero attached hydrogens (tertiary/aromatic N) is 4. The van der Waals surface area contributed by atoms with Gasteiger partial charge in [-0.05, 0) is 36.6 Å². The maximum atomic E-state index is 14.2. The molecule has 35 heavy (non-hydrogen) atoms. The fraction of sp³-hybridized carbons (Fsp3) is 0.360. The van der Waals surface area contributed by atoms with Crippen molar-refractivity contribution < 1.29 is 23.5 Å². The monoisotopic (exact) mass is 477 g/mol. The molecule has 2 fully saturated rings. The number of urea groups is 1. The normalized spacial score (nSPS) is 24.1. The lowest BCUT2D eigenvalue weighted by Gasteiger charge is -2.45. The van der Waals surface area contributed by atoms with Crippen LogP contribution in [0.5, 0.6) is 5.75 Å². The van der Waals surface area contributed by atoms with E-state index < -0.39 is 29.9 Å². The standard InChI is InChI=1S/C25H24FN5O4/c1-30-5-4-13-11-28-12-20(23(13)30)31-24(32)17-9-21(34-2)16(7-19(17)29-25(31)33)15-8-22(35-3)18(26)6-14(15)10-27/h4-6,8,11-12,16-17,19,21H,7,9H2,1-3H3,(H,29,33). The summed E-state index contributed by atoms with van der Waals surface area (Å²) in [6, 6.07) is 5.57. The Morgan fingerprint density at radius 1 is 1.20 bits per heavy atom. The van der Waals surface area contributed by atoms with E-state index in [-0.39, 0.29) is 23.1 Å². The quantitative estimate of drug-likeness (QED) is 0.618. The first kappa shape index (κ1) is 22.8. The van der Waals surface area contributed by atoms with Crippen LogP contribution < -0.4 is 15.0 Å². The van der Waals surface area contributed by atoms with Gasteiger partial charge in [-0.3, -0.25) is 9.78 Å². The number of aryl methyl sites for hydroxylation is 1. The van der Waals surface area contributed by atoms with Crippen LogP contribution in [0.25, 0.3) is 10.9 Å². The van der Waals surface area contributed by atoms with Crippen molar-refractivity contribution in [3.8, 4) is 11.8 Å². The van der Waals surface area contributed by atoms with Gasteiger partial charge in [-0.1, -0.05) is 0 Å². The Labute approximate surface area is 201 Å². The number of amides is 3. The summed E-state index contributed by atoms with van der Waals surface area (Å²) in [5, 5.41) is 13.4. The van der Waals surface area contributed by atoms with Crippen LogP contribution in [0.4, 0.5) is 14.9 Å². The number of nitriles is 1. The third kappa shape index (κ3) is 3.59. The Balaban J connectivity index is 1.50. The summed E-state index contributed by atoms with van der Waals surface area (Å²) in [6.07, 6.45) is 5.30. The van der Waals surface area contributed by atoms with E-state index in [4.69, 9.17) is 9.47 Å². The third-order valence-corrected chi connectivity index (χ3v) is 7.12. The molecule has 4 atom stereocenters.